The Kier molecular flexibility index (Phi) is 5.56. The Morgan fingerprint density at radius 1 is 1.14 bits per heavy atom. The van der Waals surface area contributed by atoms with E-state index in [2.05, 4.69) is 10.0 Å². The van der Waals surface area contributed by atoms with Crippen molar-refractivity contribution in [3.8, 4) is 0 Å². The third-order valence-electron chi connectivity index (χ3n) is 2.61. The Labute approximate surface area is 125 Å². The van der Waals surface area contributed by atoms with Gasteiger partial charge in [-0.2, -0.15) is 0 Å². The van der Waals surface area contributed by atoms with Crippen LogP contribution in [0.4, 0.5) is 11.4 Å². The third-order valence-corrected chi connectivity index (χ3v) is 5.15. The van der Waals surface area contributed by atoms with E-state index < -0.39 is 20.0 Å². The molecule has 0 amide bonds. The molecule has 0 aliphatic rings. The van der Waals surface area contributed by atoms with Crippen LogP contribution in [-0.4, -0.2) is 54.6 Å². The van der Waals surface area contributed by atoms with Gasteiger partial charge in [-0.3, -0.25) is 0 Å². The van der Waals surface area contributed by atoms with E-state index in [4.69, 9.17) is 5.73 Å². The second kappa shape index (κ2) is 6.60. The van der Waals surface area contributed by atoms with Crippen LogP contribution in [0.1, 0.15) is 0 Å². The van der Waals surface area contributed by atoms with E-state index in [0.29, 0.717) is 12.2 Å². The van der Waals surface area contributed by atoms with Crippen LogP contribution < -0.4 is 15.8 Å². The summed E-state index contributed by atoms with van der Waals surface area (Å²) < 4.78 is 49.1. The summed E-state index contributed by atoms with van der Waals surface area (Å²) in [5.74, 6) is 0. The molecule has 0 aliphatic carbocycles. The molecule has 0 unspecified atom stereocenters. The Bertz CT molecular complexity index is 699. The number of nitrogens with zero attached hydrogens (tertiary/aromatic N) is 1. The van der Waals surface area contributed by atoms with Gasteiger partial charge in [0.25, 0.3) is 0 Å². The van der Waals surface area contributed by atoms with Gasteiger partial charge in [-0.15, -0.1) is 0 Å². The average Bonchev–Trinajstić information content (AvgIpc) is 2.34. The minimum atomic E-state index is -3.53. The lowest BCUT2D eigenvalue weighted by atomic mass is 10.2. The maximum absolute atomic E-state index is 11.9. The first-order valence-electron chi connectivity index (χ1n) is 6.04. The molecule has 8 nitrogen and oxygen atoms in total. The number of rotatable bonds is 7. The van der Waals surface area contributed by atoms with E-state index in [0.717, 1.165) is 10.6 Å². The monoisotopic (exact) mass is 336 g/mol. The van der Waals surface area contributed by atoms with E-state index in [1.165, 1.54) is 26.2 Å². The first-order chi connectivity index (χ1) is 9.54. The van der Waals surface area contributed by atoms with Crippen molar-refractivity contribution in [2.45, 2.75) is 4.90 Å². The van der Waals surface area contributed by atoms with Crippen LogP contribution in [0.25, 0.3) is 0 Å². The summed E-state index contributed by atoms with van der Waals surface area (Å²) >= 11 is 0. The van der Waals surface area contributed by atoms with Crippen LogP contribution >= 0.6 is 0 Å². The number of hydrogen-bond acceptors (Lipinski definition) is 6. The zero-order chi connectivity index (χ0) is 16.3. The quantitative estimate of drug-likeness (QED) is 0.455. The third kappa shape index (κ3) is 5.16. The summed E-state index contributed by atoms with van der Waals surface area (Å²) in [6.07, 6.45) is 1.07. The molecule has 0 atom stereocenters. The van der Waals surface area contributed by atoms with Gasteiger partial charge in [-0.05, 0) is 18.2 Å². The highest BCUT2D eigenvalue weighted by Crippen LogP contribution is 2.23. The van der Waals surface area contributed by atoms with Crippen molar-refractivity contribution >= 4 is 31.4 Å². The zero-order valence-electron chi connectivity index (χ0n) is 12.1. The number of anilines is 2. The lowest BCUT2D eigenvalue weighted by molar-refractivity contribution is 0.521. The van der Waals surface area contributed by atoms with Gasteiger partial charge in [0.1, 0.15) is 0 Å². The van der Waals surface area contributed by atoms with Gasteiger partial charge < -0.3 is 11.1 Å². The molecule has 1 aromatic rings. The van der Waals surface area contributed by atoms with Crippen LogP contribution in [0.15, 0.2) is 23.1 Å². The fourth-order valence-corrected chi connectivity index (χ4v) is 2.92. The predicted octanol–water partition coefficient (Wildman–Crippen LogP) is -0.520. The number of sulfonamides is 2. The first-order valence-corrected chi connectivity index (χ1v) is 9.38. The molecule has 21 heavy (non-hydrogen) atoms. The van der Waals surface area contributed by atoms with Crippen molar-refractivity contribution in [1.82, 2.24) is 9.03 Å². The molecular formula is C11H20N4O4S2. The normalized spacial score (nSPS) is 12.6. The second-order valence-electron chi connectivity index (χ2n) is 4.63. The minimum Gasteiger partial charge on any atom is -0.397 e. The Morgan fingerprint density at radius 2 is 1.76 bits per heavy atom. The van der Waals surface area contributed by atoms with Crippen LogP contribution in [0.2, 0.25) is 0 Å². The molecule has 4 N–H and O–H groups in total. The van der Waals surface area contributed by atoms with Gasteiger partial charge in [0, 0.05) is 27.2 Å². The molecule has 0 radical (unpaired) electrons. The highest BCUT2D eigenvalue weighted by molar-refractivity contribution is 7.89. The maximum Gasteiger partial charge on any atom is 0.242 e. The molecule has 0 fully saturated rings. The lowest BCUT2D eigenvalue weighted by Gasteiger charge is -2.14. The maximum atomic E-state index is 11.9. The molecule has 0 aromatic heterocycles. The summed E-state index contributed by atoms with van der Waals surface area (Å²) in [5, 5.41) is 2.93. The Hall–Kier alpha value is -1.36. The minimum absolute atomic E-state index is 0.102. The molecule has 1 rings (SSSR count). The SMILES string of the molecule is CN(C)S(=O)(=O)c1ccc(NCCNS(C)(=O)=O)c(N)c1. The van der Waals surface area contributed by atoms with Crippen LogP contribution in [0.5, 0.6) is 0 Å². The van der Waals surface area contributed by atoms with Crippen molar-refractivity contribution in [1.29, 1.82) is 0 Å². The predicted molar refractivity (Wildman–Crippen MR) is 83.1 cm³/mol. The molecular weight excluding hydrogens is 316 g/mol. The van der Waals surface area contributed by atoms with Gasteiger partial charge in [0.15, 0.2) is 0 Å². The average molecular weight is 336 g/mol. The van der Waals surface area contributed by atoms with Crippen molar-refractivity contribution in [3.63, 3.8) is 0 Å². The van der Waals surface area contributed by atoms with Crippen molar-refractivity contribution in [2.24, 2.45) is 0 Å². The van der Waals surface area contributed by atoms with E-state index in [-0.39, 0.29) is 17.1 Å². The zero-order valence-corrected chi connectivity index (χ0v) is 13.8. The summed E-state index contributed by atoms with van der Waals surface area (Å²) in [5.41, 5.74) is 6.62. The number of nitrogens with two attached hydrogens (primary N) is 1. The number of hydrogen-bond donors (Lipinski definition) is 3. The van der Waals surface area contributed by atoms with Crippen LogP contribution in [-0.2, 0) is 20.0 Å². The van der Waals surface area contributed by atoms with Crippen molar-refractivity contribution in [3.05, 3.63) is 18.2 Å². The molecule has 0 saturated heterocycles. The van der Waals surface area contributed by atoms with Crippen LogP contribution in [0, 0.1) is 0 Å². The molecule has 0 heterocycles. The Balaban J connectivity index is 2.76. The van der Waals surface area contributed by atoms with Crippen molar-refractivity contribution < 1.29 is 16.8 Å². The summed E-state index contributed by atoms with van der Waals surface area (Å²) in [7, 11) is -3.88. The highest BCUT2D eigenvalue weighted by Gasteiger charge is 2.17. The number of nitrogen functional groups attached to an aromatic ring is 1. The standard InChI is InChI=1S/C11H20N4O4S2/c1-15(2)21(18,19)9-4-5-11(10(12)8-9)13-6-7-14-20(3,16)17/h4-5,8,13-14H,6-7,12H2,1-3H3. The van der Waals surface area contributed by atoms with Crippen molar-refractivity contribution in [2.75, 3.05) is 44.5 Å². The van der Waals surface area contributed by atoms with E-state index >= 15 is 0 Å². The fourth-order valence-electron chi connectivity index (χ4n) is 1.51. The van der Waals surface area contributed by atoms with Crippen LogP contribution in [0.3, 0.4) is 0 Å². The van der Waals surface area contributed by atoms with Gasteiger partial charge in [-0.25, -0.2) is 25.9 Å². The molecule has 120 valence electrons. The first kappa shape index (κ1) is 17.7. The highest BCUT2D eigenvalue weighted by atomic mass is 32.2. The summed E-state index contributed by atoms with van der Waals surface area (Å²) in [6, 6.07) is 4.35. The molecule has 10 heteroatoms. The van der Waals surface area contributed by atoms with Gasteiger partial charge in [0.05, 0.1) is 22.5 Å². The topological polar surface area (TPSA) is 122 Å². The van der Waals surface area contributed by atoms with E-state index in [1.54, 1.807) is 6.07 Å². The summed E-state index contributed by atoms with van der Waals surface area (Å²) in [4.78, 5) is 0.102. The fraction of sp³-hybridized carbons (Fsp3) is 0.455. The molecule has 0 aliphatic heterocycles. The van der Waals surface area contributed by atoms with Gasteiger partial charge in [0.2, 0.25) is 20.0 Å². The Morgan fingerprint density at radius 3 is 2.24 bits per heavy atom. The van der Waals surface area contributed by atoms with Gasteiger partial charge >= 0.3 is 0 Å². The molecule has 0 spiro atoms. The second-order valence-corrected chi connectivity index (χ2v) is 8.61. The van der Waals surface area contributed by atoms with E-state index in [1.807, 2.05) is 0 Å². The molecule has 0 saturated carbocycles. The number of benzene rings is 1. The van der Waals surface area contributed by atoms with Gasteiger partial charge in [-0.1, -0.05) is 0 Å². The van der Waals surface area contributed by atoms with E-state index in [9.17, 15) is 16.8 Å². The smallest absolute Gasteiger partial charge is 0.242 e. The largest absolute Gasteiger partial charge is 0.397 e. The summed E-state index contributed by atoms with van der Waals surface area (Å²) in [6.45, 7) is 0.535. The molecule has 0 bridgehead atoms. The number of nitrogens with one attached hydrogen (secondary N) is 2. The molecule has 1 aromatic carbocycles. The lowest BCUT2D eigenvalue weighted by Crippen LogP contribution is -2.27.